The molecule has 0 bridgehead atoms. The van der Waals surface area contributed by atoms with Gasteiger partial charge >= 0.3 is 0 Å². The van der Waals surface area contributed by atoms with Gasteiger partial charge in [-0.15, -0.1) is 0 Å². The van der Waals surface area contributed by atoms with Gasteiger partial charge in [0.1, 0.15) is 0 Å². The quantitative estimate of drug-likeness (QED) is 0.518. The highest BCUT2D eigenvalue weighted by atomic mass is 35.5. The van der Waals surface area contributed by atoms with Crippen molar-refractivity contribution in [2.45, 2.75) is 6.42 Å². The highest BCUT2D eigenvalue weighted by Gasteiger charge is 2.23. The van der Waals surface area contributed by atoms with Crippen LogP contribution in [0.1, 0.15) is 15.9 Å². The summed E-state index contributed by atoms with van der Waals surface area (Å²) in [5.74, 6) is -0.136. The molecule has 1 aliphatic rings. The van der Waals surface area contributed by atoms with E-state index in [0.717, 1.165) is 11.3 Å². The molecule has 1 saturated heterocycles. The average Bonchev–Trinajstić information content (AvgIpc) is 2.85. The van der Waals surface area contributed by atoms with Gasteiger partial charge in [0, 0.05) is 37.4 Å². The first-order chi connectivity index (χ1) is 16.5. The second kappa shape index (κ2) is 11.1. The molecule has 0 radical (unpaired) electrons. The number of nitrogens with one attached hydrogen (secondary N) is 2. The average molecular weight is 493 g/mol. The number of hydrogen-bond donors (Lipinski definition) is 2. The van der Waals surface area contributed by atoms with Crippen molar-refractivity contribution in [1.29, 1.82) is 0 Å². The van der Waals surface area contributed by atoms with Crippen LogP contribution in [0.3, 0.4) is 0 Å². The SMILES string of the molecule is O=C(Cc1ccccc1)NC(=S)Nc1ccc(N2CCN(C(=O)c3ccccc3)CC2)c(Cl)c1. The van der Waals surface area contributed by atoms with Gasteiger partial charge in [-0.2, -0.15) is 0 Å². The largest absolute Gasteiger partial charge is 0.367 e. The zero-order valence-corrected chi connectivity index (χ0v) is 20.1. The van der Waals surface area contributed by atoms with E-state index in [0.29, 0.717) is 42.5 Å². The molecule has 2 amide bonds. The third-order valence-electron chi connectivity index (χ3n) is 5.59. The number of nitrogens with zero attached hydrogens (tertiary/aromatic N) is 2. The van der Waals surface area contributed by atoms with Gasteiger partial charge in [0.15, 0.2) is 5.11 Å². The van der Waals surface area contributed by atoms with E-state index in [1.807, 2.05) is 77.7 Å². The van der Waals surface area contributed by atoms with Crippen molar-refractivity contribution in [3.8, 4) is 0 Å². The molecule has 3 aromatic carbocycles. The molecule has 0 saturated carbocycles. The van der Waals surface area contributed by atoms with Crippen LogP contribution in [0.15, 0.2) is 78.9 Å². The maximum absolute atomic E-state index is 12.7. The van der Waals surface area contributed by atoms with Crippen LogP contribution in [0, 0.1) is 0 Å². The molecule has 0 unspecified atom stereocenters. The number of benzene rings is 3. The van der Waals surface area contributed by atoms with Crippen molar-refractivity contribution in [2.75, 3.05) is 36.4 Å². The van der Waals surface area contributed by atoms with E-state index in [1.165, 1.54) is 0 Å². The lowest BCUT2D eigenvalue weighted by Gasteiger charge is -2.36. The minimum atomic E-state index is -0.186. The minimum Gasteiger partial charge on any atom is -0.367 e. The molecule has 34 heavy (non-hydrogen) atoms. The summed E-state index contributed by atoms with van der Waals surface area (Å²) in [6.07, 6.45) is 0.251. The van der Waals surface area contributed by atoms with Gasteiger partial charge in [-0.25, -0.2) is 0 Å². The lowest BCUT2D eigenvalue weighted by Crippen LogP contribution is -2.48. The standard InChI is InChI=1S/C26H25ClN4O2S/c27-22-18-21(28-26(34)29-24(32)17-19-7-3-1-4-8-19)11-12-23(22)30-13-15-31(16-14-30)25(33)20-9-5-2-6-10-20/h1-12,18H,13-17H2,(H2,28,29,32,34). The fourth-order valence-corrected chi connectivity index (χ4v) is 4.40. The number of carbonyl (C=O) groups is 2. The number of hydrogen-bond acceptors (Lipinski definition) is 4. The highest BCUT2D eigenvalue weighted by Crippen LogP contribution is 2.30. The first kappa shape index (κ1) is 23.7. The van der Waals surface area contributed by atoms with Gasteiger partial charge in [-0.3, -0.25) is 9.59 Å². The van der Waals surface area contributed by atoms with Gasteiger partial charge in [-0.05, 0) is 48.1 Å². The number of thiocarbonyl (C=S) groups is 1. The smallest absolute Gasteiger partial charge is 0.253 e. The summed E-state index contributed by atoms with van der Waals surface area (Å²) in [5.41, 5.74) is 3.21. The molecule has 3 aromatic rings. The third-order valence-corrected chi connectivity index (χ3v) is 6.10. The first-order valence-electron chi connectivity index (χ1n) is 11.0. The van der Waals surface area contributed by atoms with Crippen LogP contribution in [0.2, 0.25) is 5.02 Å². The molecule has 8 heteroatoms. The number of carbonyl (C=O) groups excluding carboxylic acids is 2. The zero-order chi connectivity index (χ0) is 23.9. The molecule has 1 fully saturated rings. The molecule has 0 atom stereocenters. The van der Waals surface area contributed by atoms with Crippen molar-refractivity contribution < 1.29 is 9.59 Å². The predicted molar refractivity (Wildman–Crippen MR) is 141 cm³/mol. The monoisotopic (exact) mass is 492 g/mol. The molecule has 1 aliphatic heterocycles. The lowest BCUT2D eigenvalue weighted by atomic mass is 10.1. The molecule has 1 heterocycles. The van der Waals surface area contributed by atoms with E-state index in [1.54, 1.807) is 6.07 Å². The Labute approximate surface area is 209 Å². The summed E-state index contributed by atoms with van der Waals surface area (Å²) < 4.78 is 0. The molecule has 174 valence electrons. The Morgan fingerprint density at radius 2 is 1.53 bits per heavy atom. The van der Waals surface area contributed by atoms with Crippen LogP contribution in [0.5, 0.6) is 0 Å². The summed E-state index contributed by atoms with van der Waals surface area (Å²) in [5, 5.41) is 6.50. The summed E-state index contributed by atoms with van der Waals surface area (Å²) >= 11 is 11.8. The van der Waals surface area contributed by atoms with Crippen molar-refractivity contribution in [3.63, 3.8) is 0 Å². The van der Waals surface area contributed by atoms with Gasteiger partial charge < -0.3 is 20.4 Å². The molecule has 2 N–H and O–H groups in total. The molecular formula is C26H25ClN4O2S. The van der Waals surface area contributed by atoms with Gasteiger partial charge in [0.25, 0.3) is 5.91 Å². The maximum atomic E-state index is 12.7. The van der Waals surface area contributed by atoms with Crippen LogP contribution in [-0.2, 0) is 11.2 Å². The topological polar surface area (TPSA) is 64.7 Å². The van der Waals surface area contributed by atoms with Crippen molar-refractivity contribution in [2.24, 2.45) is 0 Å². The van der Waals surface area contributed by atoms with Crippen molar-refractivity contribution in [3.05, 3.63) is 95.0 Å². The highest BCUT2D eigenvalue weighted by molar-refractivity contribution is 7.80. The number of amides is 2. The fraction of sp³-hybridized carbons (Fsp3) is 0.192. The Kier molecular flexibility index (Phi) is 7.77. The van der Waals surface area contributed by atoms with E-state index in [4.69, 9.17) is 23.8 Å². The third kappa shape index (κ3) is 6.12. The van der Waals surface area contributed by atoms with Crippen LogP contribution < -0.4 is 15.5 Å². The molecular weight excluding hydrogens is 468 g/mol. The number of rotatable bonds is 5. The van der Waals surface area contributed by atoms with E-state index < -0.39 is 0 Å². The van der Waals surface area contributed by atoms with E-state index in [9.17, 15) is 9.59 Å². The second-order valence-corrected chi connectivity index (χ2v) is 8.79. The van der Waals surface area contributed by atoms with Gasteiger partial charge in [-0.1, -0.05) is 60.1 Å². The van der Waals surface area contributed by atoms with Crippen molar-refractivity contribution in [1.82, 2.24) is 10.2 Å². The number of anilines is 2. The minimum absolute atomic E-state index is 0.0497. The Balaban J connectivity index is 1.29. The van der Waals surface area contributed by atoms with Crippen LogP contribution >= 0.6 is 23.8 Å². The van der Waals surface area contributed by atoms with Crippen LogP contribution in [-0.4, -0.2) is 48.0 Å². The lowest BCUT2D eigenvalue weighted by molar-refractivity contribution is -0.119. The normalized spacial score (nSPS) is 13.3. The number of piperazine rings is 1. The summed E-state index contributed by atoms with van der Waals surface area (Å²) in [7, 11) is 0. The Bertz CT molecular complexity index is 1170. The van der Waals surface area contributed by atoms with Gasteiger partial charge in [0.2, 0.25) is 5.91 Å². The molecule has 6 nitrogen and oxygen atoms in total. The van der Waals surface area contributed by atoms with E-state index in [-0.39, 0.29) is 23.3 Å². The number of halogens is 1. The first-order valence-corrected chi connectivity index (χ1v) is 11.8. The molecule has 0 aliphatic carbocycles. The second-order valence-electron chi connectivity index (χ2n) is 7.98. The summed E-state index contributed by atoms with van der Waals surface area (Å²) in [6, 6.07) is 24.4. The Hall–Kier alpha value is -3.42. The molecule has 4 rings (SSSR count). The molecule has 0 aromatic heterocycles. The maximum Gasteiger partial charge on any atom is 0.253 e. The van der Waals surface area contributed by atoms with Crippen molar-refractivity contribution >= 4 is 52.1 Å². The van der Waals surface area contributed by atoms with Gasteiger partial charge in [0.05, 0.1) is 17.1 Å². The van der Waals surface area contributed by atoms with Crippen LogP contribution in [0.4, 0.5) is 11.4 Å². The Morgan fingerprint density at radius 1 is 0.882 bits per heavy atom. The van der Waals surface area contributed by atoms with Crippen LogP contribution in [0.25, 0.3) is 0 Å². The molecule has 0 spiro atoms. The fourth-order valence-electron chi connectivity index (χ4n) is 3.87. The van der Waals surface area contributed by atoms with E-state index in [2.05, 4.69) is 15.5 Å². The zero-order valence-electron chi connectivity index (χ0n) is 18.5. The predicted octanol–water partition coefficient (Wildman–Crippen LogP) is 4.36. The summed E-state index contributed by atoms with van der Waals surface area (Å²) in [4.78, 5) is 28.9. The van der Waals surface area contributed by atoms with E-state index >= 15 is 0 Å². The Morgan fingerprint density at radius 3 is 2.18 bits per heavy atom. The summed E-state index contributed by atoms with van der Waals surface area (Å²) in [6.45, 7) is 2.64.